The van der Waals surface area contributed by atoms with Crippen LogP contribution in [0, 0.1) is 17.1 Å². The van der Waals surface area contributed by atoms with Gasteiger partial charge in [-0.15, -0.1) is 0 Å². The Hall–Kier alpha value is -3.32. The van der Waals surface area contributed by atoms with Crippen molar-refractivity contribution in [1.29, 1.82) is 5.26 Å². The van der Waals surface area contributed by atoms with E-state index in [1.165, 1.54) is 25.1 Å². The predicted octanol–water partition coefficient (Wildman–Crippen LogP) is 4.69. The SMILES string of the molecule is C[C@@]1(COc2ccc(Cl)c(F)c2)OC(=O)N(c2ccc(C#N)c(C(F)(F)F)c2)C1=O. The van der Waals surface area contributed by atoms with E-state index in [4.69, 9.17) is 26.3 Å². The highest BCUT2D eigenvalue weighted by molar-refractivity contribution is 6.30. The molecule has 2 aromatic carbocycles. The van der Waals surface area contributed by atoms with Gasteiger partial charge in [-0.1, -0.05) is 11.6 Å². The highest BCUT2D eigenvalue weighted by Crippen LogP contribution is 2.37. The third kappa shape index (κ3) is 3.89. The number of nitrogens with zero attached hydrogens (tertiary/aromatic N) is 2. The maximum atomic E-state index is 13.5. The molecule has 0 radical (unpaired) electrons. The summed E-state index contributed by atoms with van der Waals surface area (Å²) in [5, 5.41) is 8.72. The van der Waals surface area contributed by atoms with Crippen molar-refractivity contribution in [2.75, 3.05) is 11.5 Å². The van der Waals surface area contributed by atoms with Crippen molar-refractivity contribution in [1.82, 2.24) is 0 Å². The molecule has 1 saturated heterocycles. The van der Waals surface area contributed by atoms with Crippen molar-refractivity contribution in [3.63, 3.8) is 0 Å². The van der Waals surface area contributed by atoms with Gasteiger partial charge in [-0.25, -0.2) is 14.1 Å². The van der Waals surface area contributed by atoms with Crippen LogP contribution in [0.4, 0.5) is 28.0 Å². The van der Waals surface area contributed by atoms with Crippen molar-refractivity contribution >= 4 is 29.3 Å². The van der Waals surface area contributed by atoms with Gasteiger partial charge in [0, 0.05) is 6.07 Å². The number of halogens is 5. The van der Waals surface area contributed by atoms with Gasteiger partial charge >= 0.3 is 12.3 Å². The van der Waals surface area contributed by atoms with E-state index < -0.39 is 53.0 Å². The molecule has 0 spiro atoms. The summed E-state index contributed by atoms with van der Waals surface area (Å²) in [5.74, 6) is -1.76. The molecule has 1 aliphatic rings. The molecule has 6 nitrogen and oxygen atoms in total. The fourth-order valence-electron chi connectivity index (χ4n) is 2.71. The predicted molar refractivity (Wildman–Crippen MR) is 95.4 cm³/mol. The fourth-order valence-corrected chi connectivity index (χ4v) is 2.82. The largest absolute Gasteiger partial charge is 0.489 e. The first-order valence-corrected chi connectivity index (χ1v) is 8.61. The van der Waals surface area contributed by atoms with Gasteiger partial charge in [-0.2, -0.15) is 18.4 Å². The third-order valence-corrected chi connectivity index (χ3v) is 4.55. The molecular formula is C19H11ClF4N2O4. The molecule has 11 heteroatoms. The summed E-state index contributed by atoms with van der Waals surface area (Å²) in [6.07, 6.45) is -6.09. The summed E-state index contributed by atoms with van der Waals surface area (Å²) in [5.41, 5.74) is -4.26. The highest BCUT2D eigenvalue weighted by atomic mass is 35.5. The van der Waals surface area contributed by atoms with Crippen LogP contribution >= 0.6 is 11.6 Å². The highest BCUT2D eigenvalue weighted by Gasteiger charge is 2.52. The van der Waals surface area contributed by atoms with Crippen LogP contribution in [0.2, 0.25) is 5.02 Å². The van der Waals surface area contributed by atoms with E-state index in [9.17, 15) is 27.2 Å². The zero-order valence-corrected chi connectivity index (χ0v) is 15.8. The third-order valence-electron chi connectivity index (χ3n) is 4.24. The Morgan fingerprint density at radius 2 is 1.93 bits per heavy atom. The normalized spacial score (nSPS) is 18.9. The Morgan fingerprint density at radius 1 is 1.23 bits per heavy atom. The van der Waals surface area contributed by atoms with E-state index in [2.05, 4.69) is 0 Å². The van der Waals surface area contributed by atoms with E-state index in [-0.39, 0.29) is 10.8 Å². The first-order valence-electron chi connectivity index (χ1n) is 8.23. The summed E-state index contributed by atoms with van der Waals surface area (Å²) in [6.45, 7) is 0.672. The molecule has 0 aromatic heterocycles. The van der Waals surface area contributed by atoms with E-state index in [0.717, 1.165) is 18.2 Å². The van der Waals surface area contributed by atoms with Gasteiger partial charge in [-0.05, 0) is 37.3 Å². The second kappa shape index (κ2) is 7.50. The second-order valence-corrected chi connectivity index (χ2v) is 6.85. The zero-order chi connectivity index (χ0) is 22.3. The lowest BCUT2D eigenvalue weighted by Gasteiger charge is -2.20. The van der Waals surface area contributed by atoms with Gasteiger partial charge in [0.15, 0.2) is 0 Å². The molecule has 0 N–H and O–H groups in total. The molecule has 0 aliphatic carbocycles. The lowest BCUT2D eigenvalue weighted by atomic mass is 10.0. The summed E-state index contributed by atoms with van der Waals surface area (Å²) in [7, 11) is 0. The number of carbonyl (C=O) groups is 2. The average Bonchev–Trinajstić information content (AvgIpc) is 2.90. The Kier molecular flexibility index (Phi) is 5.34. The fraction of sp³-hybridized carbons (Fsp3) is 0.211. The van der Waals surface area contributed by atoms with Crippen LogP contribution in [0.5, 0.6) is 5.75 Å². The molecule has 0 unspecified atom stereocenters. The number of benzene rings is 2. The first-order chi connectivity index (χ1) is 14.0. The van der Waals surface area contributed by atoms with E-state index >= 15 is 0 Å². The summed E-state index contributed by atoms with van der Waals surface area (Å²) < 4.78 is 63.4. The van der Waals surface area contributed by atoms with Crippen molar-refractivity contribution < 1.29 is 36.6 Å². The van der Waals surface area contributed by atoms with E-state index in [1.807, 2.05) is 0 Å². The molecule has 1 fully saturated rings. The second-order valence-electron chi connectivity index (χ2n) is 6.44. The number of amides is 2. The van der Waals surface area contributed by atoms with Crippen LogP contribution in [-0.4, -0.2) is 24.2 Å². The smallest absolute Gasteiger partial charge is 0.422 e. The van der Waals surface area contributed by atoms with Crippen LogP contribution in [-0.2, 0) is 15.7 Å². The number of hydrogen-bond acceptors (Lipinski definition) is 5. The molecule has 0 bridgehead atoms. The number of anilines is 1. The summed E-state index contributed by atoms with van der Waals surface area (Å²) >= 11 is 5.57. The van der Waals surface area contributed by atoms with Gasteiger partial charge in [0.1, 0.15) is 18.2 Å². The quantitative estimate of drug-likeness (QED) is 0.642. The maximum Gasteiger partial charge on any atom is 0.422 e. The monoisotopic (exact) mass is 442 g/mol. The van der Waals surface area contributed by atoms with Gasteiger partial charge in [0.05, 0.1) is 27.9 Å². The molecule has 156 valence electrons. The minimum Gasteiger partial charge on any atom is -0.489 e. The minimum absolute atomic E-state index is 0.00171. The lowest BCUT2D eigenvalue weighted by molar-refractivity contribution is -0.137. The Balaban J connectivity index is 1.87. The number of imide groups is 1. The summed E-state index contributed by atoms with van der Waals surface area (Å²) in [4.78, 5) is 25.4. The van der Waals surface area contributed by atoms with Gasteiger partial charge in [0.2, 0.25) is 5.60 Å². The Morgan fingerprint density at radius 3 is 2.53 bits per heavy atom. The van der Waals surface area contributed by atoms with Crippen molar-refractivity contribution in [2.45, 2.75) is 18.7 Å². The van der Waals surface area contributed by atoms with Crippen LogP contribution in [0.1, 0.15) is 18.1 Å². The lowest BCUT2D eigenvalue weighted by Crippen LogP contribution is -2.43. The number of ether oxygens (including phenoxy) is 2. The van der Waals surface area contributed by atoms with Gasteiger partial charge < -0.3 is 9.47 Å². The van der Waals surface area contributed by atoms with E-state index in [0.29, 0.717) is 11.0 Å². The zero-order valence-electron chi connectivity index (χ0n) is 15.1. The number of nitriles is 1. The number of cyclic esters (lactones) is 1. The van der Waals surface area contributed by atoms with Gasteiger partial charge in [-0.3, -0.25) is 4.79 Å². The van der Waals surface area contributed by atoms with Crippen LogP contribution < -0.4 is 9.64 Å². The van der Waals surface area contributed by atoms with Crippen molar-refractivity contribution in [3.05, 3.63) is 58.4 Å². The first kappa shape index (κ1) is 21.4. The topological polar surface area (TPSA) is 79.6 Å². The molecule has 1 aliphatic heterocycles. The van der Waals surface area contributed by atoms with Crippen LogP contribution in [0.25, 0.3) is 0 Å². The summed E-state index contributed by atoms with van der Waals surface area (Å²) in [6, 6.07) is 7.29. The Bertz CT molecular complexity index is 1080. The number of carbonyl (C=O) groups excluding carboxylic acids is 2. The number of alkyl halides is 3. The standard InChI is InChI=1S/C19H11ClF4N2O4/c1-18(9-29-12-4-5-14(20)15(21)7-12)16(27)26(17(28)30-18)11-3-2-10(8-25)13(6-11)19(22,23)24/h2-7H,9H2,1H3/t18-/m0/s1. The Labute approximate surface area is 172 Å². The van der Waals surface area contributed by atoms with Gasteiger partial charge in [0.25, 0.3) is 5.91 Å². The molecule has 0 saturated carbocycles. The maximum absolute atomic E-state index is 13.5. The molecule has 2 aromatic rings. The molecule has 1 heterocycles. The average molecular weight is 443 g/mol. The number of rotatable bonds is 4. The molecule has 1 atom stereocenters. The molecule has 30 heavy (non-hydrogen) atoms. The van der Waals surface area contributed by atoms with Crippen LogP contribution in [0.15, 0.2) is 36.4 Å². The van der Waals surface area contributed by atoms with E-state index in [1.54, 1.807) is 0 Å². The molecule has 3 rings (SSSR count). The molecule has 2 amide bonds. The number of hydrogen-bond donors (Lipinski definition) is 0. The van der Waals surface area contributed by atoms with Crippen molar-refractivity contribution in [2.24, 2.45) is 0 Å². The minimum atomic E-state index is -4.88. The molecular weight excluding hydrogens is 432 g/mol. The van der Waals surface area contributed by atoms with Crippen LogP contribution in [0.3, 0.4) is 0 Å². The van der Waals surface area contributed by atoms with Crippen molar-refractivity contribution in [3.8, 4) is 11.8 Å².